The Morgan fingerprint density at radius 1 is 1.30 bits per heavy atom. The minimum absolute atomic E-state index is 0.403. The second-order valence-electron chi connectivity index (χ2n) is 5.54. The number of primary amides is 1. The van der Waals surface area contributed by atoms with Gasteiger partial charge in [-0.05, 0) is 44.0 Å². The van der Waals surface area contributed by atoms with Gasteiger partial charge in [-0.25, -0.2) is 0 Å². The Morgan fingerprint density at radius 3 is 2.87 bits per heavy atom. The summed E-state index contributed by atoms with van der Waals surface area (Å²) in [5.41, 5.74) is 5.75. The summed E-state index contributed by atoms with van der Waals surface area (Å²) < 4.78 is 11.0. The molecule has 124 valence electrons. The molecule has 0 fully saturated rings. The quantitative estimate of drug-likeness (QED) is 0.661. The van der Waals surface area contributed by atoms with Crippen LogP contribution in [0.25, 0.3) is 0 Å². The van der Waals surface area contributed by atoms with Crippen molar-refractivity contribution < 1.29 is 13.9 Å². The van der Waals surface area contributed by atoms with Gasteiger partial charge in [0.2, 0.25) is 0 Å². The lowest BCUT2D eigenvalue weighted by Crippen LogP contribution is -2.28. The zero-order valence-electron chi connectivity index (χ0n) is 13.5. The average molecular weight is 316 g/mol. The van der Waals surface area contributed by atoms with Crippen LogP contribution in [0.4, 0.5) is 0 Å². The molecule has 1 aromatic heterocycles. The van der Waals surface area contributed by atoms with Gasteiger partial charge in [-0.2, -0.15) is 0 Å². The van der Waals surface area contributed by atoms with Crippen LogP contribution in [0, 0.1) is 0 Å². The fraction of sp³-hybridized carbons (Fsp3) is 0.389. The van der Waals surface area contributed by atoms with E-state index in [1.165, 1.54) is 0 Å². The van der Waals surface area contributed by atoms with Crippen molar-refractivity contribution in [3.05, 3.63) is 54.0 Å². The van der Waals surface area contributed by atoms with Crippen LogP contribution in [0.15, 0.2) is 47.1 Å². The number of furan rings is 1. The van der Waals surface area contributed by atoms with E-state index in [4.69, 9.17) is 14.9 Å². The molecule has 0 radical (unpaired) electrons. The molecule has 0 bridgehead atoms. The average Bonchev–Trinajstić information content (AvgIpc) is 3.05. The van der Waals surface area contributed by atoms with Gasteiger partial charge in [0.25, 0.3) is 5.91 Å². The van der Waals surface area contributed by atoms with Gasteiger partial charge in [0.15, 0.2) is 0 Å². The number of benzene rings is 1. The van der Waals surface area contributed by atoms with Gasteiger partial charge in [-0.15, -0.1) is 0 Å². The molecule has 1 aromatic carbocycles. The van der Waals surface area contributed by atoms with Crippen molar-refractivity contribution in [2.75, 3.05) is 13.2 Å². The molecule has 1 amide bonds. The number of carbonyl (C=O) groups is 1. The lowest BCUT2D eigenvalue weighted by atomic mass is 10.1. The molecular formula is C18H24N2O3. The maximum absolute atomic E-state index is 11.3. The van der Waals surface area contributed by atoms with Crippen LogP contribution in [-0.4, -0.2) is 25.1 Å². The Labute approximate surface area is 136 Å². The summed E-state index contributed by atoms with van der Waals surface area (Å²) >= 11 is 0. The van der Waals surface area contributed by atoms with E-state index in [1.807, 2.05) is 18.2 Å². The third kappa shape index (κ3) is 5.79. The normalized spacial score (nSPS) is 12.0. The number of hydrogen-bond donors (Lipinski definition) is 2. The largest absolute Gasteiger partial charge is 0.493 e. The van der Waals surface area contributed by atoms with Crippen LogP contribution in [0.5, 0.6) is 5.75 Å². The SMILES string of the molecule is C[C@@H](CCCOc1ccccc1C(N)=O)NCCc1ccco1. The predicted molar refractivity (Wildman–Crippen MR) is 89.6 cm³/mol. The van der Waals surface area contributed by atoms with Crippen molar-refractivity contribution in [3.63, 3.8) is 0 Å². The van der Waals surface area contributed by atoms with E-state index in [2.05, 4.69) is 12.2 Å². The lowest BCUT2D eigenvalue weighted by molar-refractivity contribution is 0.0996. The molecule has 2 aromatic rings. The molecule has 0 spiro atoms. The van der Waals surface area contributed by atoms with Gasteiger partial charge >= 0.3 is 0 Å². The first kappa shape index (κ1) is 17.1. The highest BCUT2D eigenvalue weighted by atomic mass is 16.5. The minimum atomic E-state index is -0.464. The first-order valence-corrected chi connectivity index (χ1v) is 7.94. The number of rotatable bonds is 10. The molecule has 0 unspecified atom stereocenters. The number of carbonyl (C=O) groups excluding carboxylic acids is 1. The summed E-state index contributed by atoms with van der Waals surface area (Å²) in [6.07, 6.45) is 4.48. The minimum Gasteiger partial charge on any atom is -0.493 e. The van der Waals surface area contributed by atoms with Crippen LogP contribution in [-0.2, 0) is 6.42 Å². The molecular weight excluding hydrogens is 292 g/mol. The fourth-order valence-electron chi connectivity index (χ4n) is 2.37. The number of amides is 1. The highest BCUT2D eigenvalue weighted by molar-refractivity contribution is 5.95. The van der Waals surface area contributed by atoms with E-state index >= 15 is 0 Å². The monoisotopic (exact) mass is 316 g/mol. The van der Waals surface area contributed by atoms with Gasteiger partial charge < -0.3 is 20.2 Å². The molecule has 5 nitrogen and oxygen atoms in total. The first-order chi connectivity index (χ1) is 11.2. The summed E-state index contributed by atoms with van der Waals surface area (Å²) in [5, 5.41) is 3.46. The van der Waals surface area contributed by atoms with E-state index in [1.54, 1.807) is 24.5 Å². The van der Waals surface area contributed by atoms with Gasteiger partial charge in [0.1, 0.15) is 11.5 Å². The van der Waals surface area contributed by atoms with Gasteiger partial charge in [-0.3, -0.25) is 4.79 Å². The Bertz CT molecular complexity index is 596. The first-order valence-electron chi connectivity index (χ1n) is 7.94. The van der Waals surface area contributed by atoms with Crippen molar-refractivity contribution in [2.24, 2.45) is 5.73 Å². The summed E-state index contributed by atoms with van der Waals surface area (Å²) in [5.74, 6) is 1.09. The maximum Gasteiger partial charge on any atom is 0.252 e. The van der Waals surface area contributed by atoms with Crippen LogP contribution in [0.2, 0.25) is 0 Å². The summed E-state index contributed by atoms with van der Waals surface area (Å²) in [6, 6.07) is 11.3. The third-order valence-corrected chi connectivity index (χ3v) is 3.64. The van der Waals surface area contributed by atoms with E-state index in [0.29, 0.717) is 24.0 Å². The number of para-hydroxylation sites is 1. The van der Waals surface area contributed by atoms with Crippen molar-refractivity contribution >= 4 is 5.91 Å². The zero-order valence-corrected chi connectivity index (χ0v) is 13.5. The lowest BCUT2D eigenvalue weighted by Gasteiger charge is -2.14. The number of hydrogen-bond acceptors (Lipinski definition) is 4. The molecule has 3 N–H and O–H groups in total. The Kier molecular flexibility index (Phi) is 6.69. The maximum atomic E-state index is 11.3. The van der Waals surface area contributed by atoms with E-state index in [0.717, 1.165) is 31.6 Å². The van der Waals surface area contributed by atoms with Crippen LogP contribution in [0.1, 0.15) is 35.9 Å². The van der Waals surface area contributed by atoms with Crippen molar-refractivity contribution in [1.82, 2.24) is 5.32 Å². The Balaban J connectivity index is 1.62. The van der Waals surface area contributed by atoms with Crippen molar-refractivity contribution in [2.45, 2.75) is 32.2 Å². The molecule has 0 saturated heterocycles. The number of nitrogens with one attached hydrogen (secondary N) is 1. The van der Waals surface area contributed by atoms with Gasteiger partial charge in [0, 0.05) is 19.0 Å². The van der Waals surface area contributed by atoms with Crippen LogP contribution >= 0.6 is 0 Å². The summed E-state index contributed by atoms with van der Waals surface area (Å²) in [4.78, 5) is 11.3. The van der Waals surface area contributed by atoms with Gasteiger partial charge in [0.05, 0.1) is 18.4 Å². The number of nitrogens with two attached hydrogens (primary N) is 1. The standard InChI is InChI=1S/C18H24N2O3/c1-14(20-11-10-15-7-5-12-22-15)6-4-13-23-17-9-3-2-8-16(17)18(19)21/h2-3,5,7-9,12,14,20H,4,6,10-11,13H2,1H3,(H2,19,21)/t14-/m0/s1. The molecule has 5 heteroatoms. The number of ether oxygens (including phenoxy) is 1. The second kappa shape index (κ2) is 9.00. The molecule has 0 aliphatic carbocycles. The molecule has 0 aliphatic rings. The zero-order chi connectivity index (χ0) is 16.5. The van der Waals surface area contributed by atoms with Crippen molar-refractivity contribution in [1.29, 1.82) is 0 Å². The second-order valence-corrected chi connectivity index (χ2v) is 5.54. The van der Waals surface area contributed by atoms with Gasteiger partial charge in [-0.1, -0.05) is 12.1 Å². The fourth-order valence-corrected chi connectivity index (χ4v) is 2.37. The third-order valence-electron chi connectivity index (χ3n) is 3.64. The highest BCUT2D eigenvalue weighted by Gasteiger charge is 2.08. The molecule has 1 atom stereocenters. The Morgan fingerprint density at radius 2 is 2.13 bits per heavy atom. The molecule has 0 aliphatic heterocycles. The summed E-state index contributed by atoms with van der Waals surface area (Å²) in [6.45, 7) is 3.61. The molecule has 0 saturated carbocycles. The molecule has 1 heterocycles. The highest BCUT2D eigenvalue weighted by Crippen LogP contribution is 2.17. The Hall–Kier alpha value is -2.27. The molecule has 23 heavy (non-hydrogen) atoms. The van der Waals surface area contributed by atoms with Crippen LogP contribution < -0.4 is 15.8 Å². The summed E-state index contributed by atoms with van der Waals surface area (Å²) in [7, 11) is 0. The van der Waals surface area contributed by atoms with Crippen LogP contribution in [0.3, 0.4) is 0 Å². The van der Waals surface area contributed by atoms with Crippen molar-refractivity contribution in [3.8, 4) is 5.75 Å². The van der Waals surface area contributed by atoms with E-state index < -0.39 is 5.91 Å². The smallest absolute Gasteiger partial charge is 0.252 e. The predicted octanol–water partition coefficient (Wildman–Crippen LogP) is 2.76. The van der Waals surface area contributed by atoms with E-state index in [-0.39, 0.29) is 0 Å². The van der Waals surface area contributed by atoms with E-state index in [9.17, 15) is 4.79 Å². The topological polar surface area (TPSA) is 77.5 Å². The molecule has 2 rings (SSSR count).